The van der Waals surface area contributed by atoms with Crippen molar-refractivity contribution < 1.29 is 13.9 Å². The molecule has 0 radical (unpaired) electrons. The van der Waals surface area contributed by atoms with Crippen LogP contribution in [0.1, 0.15) is 51.0 Å². The molecule has 1 saturated carbocycles. The molecule has 1 aliphatic carbocycles. The zero-order valence-electron chi connectivity index (χ0n) is 12.4. The van der Waals surface area contributed by atoms with Gasteiger partial charge in [-0.25, -0.2) is 4.39 Å². The van der Waals surface area contributed by atoms with Crippen LogP contribution in [0.15, 0.2) is 30.5 Å². The van der Waals surface area contributed by atoms with Crippen LogP contribution in [-0.2, 0) is 4.79 Å². The molecule has 0 bridgehead atoms. The van der Waals surface area contributed by atoms with Crippen molar-refractivity contribution in [1.29, 1.82) is 0 Å². The number of ketones is 1. The highest BCUT2D eigenvalue weighted by Crippen LogP contribution is 2.34. The summed E-state index contributed by atoms with van der Waals surface area (Å²) in [5.74, 6) is 0.467. The number of benzene rings is 1. The smallest absolute Gasteiger partial charge is 0.132 e. The molecule has 0 atom stereocenters. The highest BCUT2D eigenvalue weighted by Gasteiger charge is 2.21. The number of fused-ring (bicyclic) bond motifs is 1. The molecule has 1 aromatic heterocycles. The molecule has 114 valence electrons. The van der Waals surface area contributed by atoms with Gasteiger partial charge in [-0.15, -0.1) is 0 Å². The van der Waals surface area contributed by atoms with E-state index in [0.717, 1.165) is 29.3 Å². The van der Waals surface area contributed by atoms with Gasteiger partial charge in [0.25, 0.3) is 0 Å². The lowest BCUT2D eigenvalue weighted by Crippen LogP contribution is -2.12. The number of nitrogens with zero attached hydrogens (tertiary/aromatic N) is 1. The number of hydrogen-bond acceptors (Lipinski definition) is 2. The minimum absolute atomic E-state index is 0. The number of aromatic nitrogens is 1. The molecule has 1 aliphatic rings. The van der Waals surface area contributed by atoms with E-state index in [-0.39, 0.29) is 10.5 Å². The van der Waals surface area contributed by atoms with Crippen LogP contribution < -0.4 is 0 Å². The van der Waals surface area contributed by atoms with Crippen LogP contribution in [-0.4, -0.2) is 10.8 Å². The van der Waals surface area contributed by atoms with Crippen LogP contribution in [0.5, 0.6) is 0 Å². The fourth-order valence-corrected chi connectivity index (χ4v) is 2.75. The Labute approximate surface area is 123 Å². The van der Waals surface area contributed by atoms with E-state index in [2.05, 4.69) is 4.98 Å². The molecular weight excluding hydrogens is 272 g/mol. The summed E-state index contributed by atoms with van der Waals surface area (Å²) < 4.78 is 13.4. The van der Waals surface area contributed by atoms with Crippen LogP contribution in [0.4, 0.5) is 9.09 Å². The zero-order valence-corrected chi connectivity index (χ0v) is 12.4. The Balaban J connectivity index is 0.000000706. The van der Waals surface area contributed by atoms with Gasteiger partial charge in [0.2, 0.25) is 0 Å². The van der Waals surface area contributed by atoms with E-state index in [0.29, 0.717) is 24.5 Å². The summed E-state index contributed by atoms with van der Waals surface area (Å²) in [6, 6.07) is 6.65. The quantitative estimate of drug-likeness (QED) is 0.757. The lowest BCUT2D eigenvalue weighted by molar-refractivity contribution is -0.120. The number of halogens is 2. The third-order valence-corrected chi connectivity index (χ3v) is 3.72. The normalized spacial score (nSPS) is 15.1. The van der Waals surface area contributed by atoms with Gasteiger partial charge in [-0.05, 0) is 48.6 Å². The zero-order chi connectivity index (χ0) is 14.5. The Morgan fingerprint density at radius 2 is 1.81 bits per heavy atom. The van der Waals surface area contributed by atoms with Crippen molar-refractivity contribution in [2.75, 3.05) is 0 Å². The molecule has 0 aliphatic heterocycles. The van der Waals surface area contributed by atoms with Crippen molar-refractivity contribution in [3.63, 3.8) is 0 Å². The molecule has 0 spiro atoms. The van der Waals surface area contributed by atoms with E-state index in [9.17, 15) is 9.18 Å². The third-order valence-electron chi connectivity index (χ3n) is 3.72. The lowest BCUT2D eigenvalue weighted by atomic mass is 9.82. The van der Waals surface area contributed by atoms with Crippen LogP contribution in [0.3, 0.4) is 0 Å². The van der Waals surface area contributed by atoms with Crippen molar-refractivity contribution in [2.24, 2.45) is 0 Å². The summed E-state index contributed by atoms with van der Waals surface area (Å²) in [5, 5.41) is 0.886. The highest BCUT2D eigenvalue weighted by atomic mass is 19.1. The summed E-state index contributed by atoms with van der Waals surface area (Å²) in [7, 11) is 0. The van der Waals surface area contributed by atoms with Gasteiger partial charge >= 0.3 is 0 Å². The van der Waals surface area contributed by atoms with Gasteiger partial charge in [-0.3, -0.25) is 14.5 Å². The second kappa shape index (κ2) is 7.81. The van der Waals surface area contributed by atoms with Crippen molar-refractivity contribution >= 4 is 16.7 Å². The van der Waals surface area contributed by atoms with Crippen molar-refractivity contribution in [3.8, 4) is 0 Å². The first-order valence-electron chi connectivity index (χ1n) is 7.30. The molecular formula is C17H21F2NO. The Kier molecular flexibility index (Phi) is 6.40. The van der Waals surface area contributed by atoms with Gasteiger partial charge in [0.15, 0.2) is 0 Å². The second-order valence-corrected chi connectivity index (χ2v) is 4.87. The van der Waals surface area contributed by atoms with E-state index in [1.807, 2.05) is 19.9 Å². The lowest BCUT2D eigenvalue weighted by Gasteiger charge is -2.22. The summed E-state index contributed by atoms with van der Waals surface area (Å²) in [4.78, 5) is 15.5. The average Bonchev–Trinajstić information content (AvgIpc) is 2.49. The summed E-state index contributed by atoms with van der Waals surface area (Å²) in [6.45, 7) is 4.00. The van der Waals surface area contributed by atoms with Crippen molar-refractivity contribution in [1.82, 2.24) is 4.98 Å². The monoisotopic (exact) mass is 293 g/mol. The number of carbonyl (C=O) groups excluding carboxylic acids is 1. The van der Waals surface area contributed by atoms with Crippen molar-refractivity contribution in [3.05, 3.63) is 41.8 Å². The molecule has 2 nitrogen and oxygen atoms in total. The molecule has 2 aromatic rings. The van der Waals surface area contributed by atoms with Gasteiger partial charge in [-0.2, -0.15) is 0 Å². The Bertz CT molecular complexity index is 603. The highest BCUT2D eigenvalue weighted by molar-refractivity contribution is 5.84. The molecule has 4 heteroatoms. The predicted molar refractivity (Wildman–Crippen MR) is 81.8 cm³/mol. The van der Waals surface area contributed by atoms with Gasteiger partial charge in [0, 0.05) is 24.4 Å². The van der Waals surface area contributed by atoms with E-state index >= 15 is 0 Å². The van der Waals surface area contributed by atoms with Crippen molar-refractivity contribution in [2.45, 2.75) is 45.4 Å². The number of pyridine rings is 1. The van der Waals surface area contributed by atoms with Crippen LogP contribution in [0.25, 0.3) is 10.9 Å². The standard InChI is InChI=1S/C15H14FNO.C2H6.FH/c16-11-3-6-15-14(9-11)13(7-8-17-15)10-1-4-12(18)5-2-10;1-2;/h3,6-10H,1-2,4-5H2;1-2H3;1H. The van der Waals surface area contributed by atoms with Gasteiger partial charge in [0.1, 0.15) is 11.6 Å². The summed E-state index contributed by atoms with van der Waals surface area (Å²) in [6.07, 6.45) is 4.79. The molecule has 21 heavy (non-hydrogen) atoms. The molecule has 1 heterocycles. The molecule has 1 aromatic carbocycles. The molecule has 3 rings (SSSR count). The molecule has 1 fully saturated rings. The Morgan fingerprint density at radius 3 is 2.48 bits per heavy atom. The number of hydrogen-bond donors (Lipinski definition) is 0. The summed E-state index contributed by atoms with van der Waals surface area (Å²) >= 11 is 0. The Hall–Kier alpha value is -1.84. The topological polar surface area (TPSA) is 30.0 Å². The van der Waals surface area contributed by atoms with Gasteiger partial charge < -0.3 is 0 Å². The largest absolute Gasteiger partial charge is 0.300 e. The fourth-order valence-electron chi connectivity index (χ4n) is 2.75. The van der Waals surface area contributed by atoms with Crippen LogP contribution >= 0.6 is 0 Å². The first-order chi connectivity index (χ1) is 9.74. The minimum Gasteiger partial charge on any atom is -0.300 e. The molecule has 0 saturated heterocycles. The van der Waals surface area contributed by atoms with E-state index in [4.69, 9.17) is 0 Å². The van der Waals surface area contributed by atoms with Crippen LogP contribution in [0, 0.1) is 5.82 Å². The van der Waals surface area contributed by atoms with E-state index < -0.39 is 0 Å². The average molecular weight is 293 g/mol. The number of carbonyl (C=O) groups is 1. The summed E-state index contributed by atoms with van der Waals surface area (Å²) in [5.41, 5.74) is 1.96. The third kappa shape index (κ3) is 3.84. The first-order valence-corrected chi connectivity index (χ1v) is 7.30. The van der Waals surface area contributed by atoms with Gasteiger partial charge in [-0.1, -0.05) is 13.8 Å². The minimum atomic E-state index is -0.233. The maximum atomic E-state index is 13.4. The SMILES string of the molecule is CC.F.O=C1CCC(c2ccnc3ccc(F)cc23)CC1. The number of Topliss-reactive ketones (excluding diaryl/α,β-unsaturated/α-hetero) is 1. The van der Waals surface area contributed by atoms with Crippen LogP contribution in [0.2, 0.25) is 0 Å². The fraction of sp³-hybridized carbons (Fsp3) is 0.412. The second-order valence-electron chi connectivity index (χ2n) is 4.87. The maximum Gasteiger partial charge on any atom is 0.132 e. The van der Waals surface area contributed by atoms with E-state index in [1.54, 1.807) is 18.3 Å². The maximum absolute atomic E-state index is 13.4. The predicted octanol–water partition coefficient (Wildman–Crippen LogP) is 4.78. The van der Waals surface area contributed by atoms with Gasteiger partial charge in [0.05, 0.1) is 5.52 Å². The molecule has 0 amide bonds. The first kappa shape index (κ1) is 17.2. The Morgan fingerprint density at radius 1 is 1.14 bits per heavy atom. The molecule has 0 N–H and O–H groups in total. The molecule has 0 unspecified atom stereocenters. The van der Waals surface area contributed by atoms with E-state index in [1.165, 1.54) is 6.07 Å². The number of rotatable bonds is 1.